The van der Waals surface area contributed by atoms with Crippen molar-refractivity contribution in [2.45, 2.75) is 6.54 Å². The van der Waals surface area contributed by atoms with E-state index in [4.69, 9.17) is 16.8 Å². The summed E-state index contributed by atoms with van der Waals surface area (Å²) in [6, 6.07) is 17.1. The van der Waals surface area contributed by atoms with Crippen molar-refractivity contribution < 1.29 is 10.0 Å². The highest BCUT2D eigenvalue weighted by atomic mass is 35.5. The minimum Gasteiger partial charge on any atom is -0.348 e. The number of halogens is 1. The molecular weight excluding hydrogens is 312 g/mol. The van der Waals surface area contributed by atoms with E-state index in [9.17, 15) is 4.79 Å². The second-order valence-electron chi connectivity index (χ2n) is 5.16. The first kappa shape index (κ1) is 15.3. The van der Waals surface area contributed by atoms with Crippen molar-refractivity contribution in [2.75, 3.05) is 0 Å². The predicted molar refractivity (Wildman–Crippen MR) is 89.7 cm³/mol. The molecule has 23 heavy (non-hydrogen) atoms. The number of rotatable bonds is 4. The summed E-state index contributed by atoms with van der Waals surface area (Å²) < 4.78 is 1.88. The molecule has 0 aliphatic carbocycles. The Morgan fingerprint density at radius 2 is 1.74 bits per heavy atom. The second-order valence-corrected chi connectivity index (χ2v) is 5.56. The van der Waals surface area contributed by atoms with E-state index in [2.05, 4.69) is 0 Å². The molecule has 0 atom stereocenters. The summed E-state index contributed by atoms with van der Waals surface area (Å²) in [4.78, 5) is 11.9. The minimum atomic E-state index is -0.540. The smallest absolute Gasteiger partial charge is 0.276 e. The molecule has 0 saturated heterocycles. The number of amides is 1. The highest BCUT2D eigenvalue weighted by molar-refractivity contribution is 6.31. The van der Waals surface area contributed by atoms with Gasteiger partial charge < -0.3 is 4.57 Å². The lowest BCUT2D eigenvalue weighted by molar-refractivity contribution is 0.0707. The maximum Gasteiger partial charge on any atom is 0.276 e. The zero-order chi connectivity index (χ0) is 16.2. The molecule has 5 heteroatoms. The van der Waals surface area contributed by atoms with E-state index in [1.807, 2.05) is 65.4 Å². The van der Waals surface area contributed by atoms with Gasteiger partial charge in [0.15, 0.2) is 0 Å². The SMILES string of the molecule is O=C(NO)c1cn(Cc2ccccc2Cl)cc1-c1ccccc1. The van der Waals surface area contributed by atoms with Crippen molar-refractivity contribution in [3.63, 3.8) is 0 Å². The quantitative estimate of drug-likeness (QED) is 0.563. The minimum absolute atomic E-state index is 0.408. The van der Waals surface area contributed by atoms with E-state index in [0.29, 0.717) is 17.1 Å². The maximum atomic E-state index is 11.9. The number of nitrogens with one attached hydrogen (secondary N) is 1. The van der Waals surface area contributed by atoms with Crippen molar-refractivity contribution in [3.8, 4) is 11.1 Å². The molecule has 0 radical (unpaired) electrons. The lowest BCUT2D eigenvalue weighted by Gasteiger charge is -2.05. The van der Waals surface area contributed by atoms with Gasteiger partial charge in [-0.15, -0.1) is 0 Å². The van der Waals surface area contributed by atoms with Gasteiger partial charge in [-0.2, -0.15) is 0 Å². The average molecular weight is 327 g/mol. The molecule has 0 unspecified atom stereocenters. The van der Waals surface area contributed by atoms with Crippen molar-refractivity contribution in [3.05, 3.63) is 83.1 Å². The van der Waals surface area contributed by atoms with Crippen molar-refractivity contribution in [2.24, 2.45) is 0 Å². The van der Waals surface area contributed by atoms with Crippen molar-refractivity contribution in [1.82, 2.24) is 10.0 Å². The first-order chi connectivity index (χ1) is 11.2. The fourth-order valence-corrected chi connectivity index (χ4v) is 2.71. The molecule has 116 valence electrons. The fraction of sp³-hybridized carbons (Fsp3) is 0.0556. The van der Waals surface area contributed by atoms with Crippen LogP contribution in [-0.4, -0.2) is 15.7 Å². The van der Waals surface area contributed by atoms with E-state index in [1.54, 1.807) is 11.7 Å². The molecule has 3 aromatic rings. The normalized spacial score (nSPS) is 10.5. The number of nitrogens with zero attached hydrogens (tertiary/aromatic N) is 1. The number of hydrogen-bond donors (Lipinski definition) is 2. The third kappa shape index (κ3) is 3.28. The highest BCUT2D eigenvalue weighted by Crippen LogP contribution is 2.26. The van der Waals surface area contributed by atoms with Gasteiger partial charge in [0, 0.05) is 29.5 Å². The number of hydrogen-bond acceptors (Lipinski definition) is 2. The number of aromatic nitrogens is 1. The third-order valence-electron chi connectivity index (χ3n) is 3.62. The van der Waals surface area contributed by atoms with Gasteiger partial charge in [-0.1, -0.05) is 60.1 Å². The third-order valence-corrected chi connectivity index (χ3v) is 3.99. The summed E-state index contributed by atoms with van der Waals surface area (Å²) in [5, 5.41) is 9.65. The summed E-state index contributed by atoms with van der Waals surface area (Å²) in [6.45, 7) is 0.540. The molecule has 4 nitrogen and oxygen atoms in total. The number of carbonyl (C=O) groups excluding carboxylic acids is 1. The molecular formula is C18H15ClN2O2. The van der Waals surface area contributed by atoms with Gasteiger partial charge in [0.2, 0.25) is 0 Å². The Morgan fingerprint density at radius 3 is 2.43 bits per heavy atom. The fourth-order valence-electron chi connectivity index (χ4n) is 2.51. The Morgan fingerprint density at radius 1 is 1.04 bits per heavy atom. The molecule has 2 N–H and O–H groups in total. The van der Waals surface area contributed by atoms with Crippen LogP contribution < -0.4 is 5.48 Å². The van der Waals surface area contributed by atoms with Crippen LogP contribution in [0, 0.1) is 0 Å². The molecule has 0 aliphatic heterocycles. The van der Waals surface area contributed by atoms with E-state index in [0.717, 1.165) is 16.7 Å². The maximum absolute atomic E-state index is 11.9. The molecule has 1 aromatic heterocycles. The first-order valence-electron chi connectivity index (χ1n) is 7.12. The monoisotopic (exact) mass is 326 g/mol. The summed E-state index contributed by atoms with van der Waals surface area (Å²) in [5.41, 5.74) is 4.73. The number of benzene rings is 2. The lowest BCUT2D eigenvalue weighted by atomic mass is 10.0. The standard InChI is InChI=1S/C18H15ClN2O2/c19-17-9-5-4-8-14(17)10-21-11-15(13-6-2-1-3-7-13)16(12-21)18(22)20-23/h1-9,11-12,23H,10H2,(H,20,22). The number of hydroxylamine groups is 1. The van der Waals surface area contributed by atoms with Crippen LogP contribution >= 0.6 is 11.6 Å². The van der Waals surface area contributed by atoms with Crippen LogP contribution in [0.2, 0.25) is 5.02 Å². The molecule has 2 aromatic carbocycles. The van der Waals surface area contributed by atoms with Crippen LogP contribution in [0.1, 0.15) is 15.9 Å². The molecule has 0 aliphatic rings. The van der Waals surface area contributed by atoms with Gasteiger partial charge in [-0.3, -0.25) is 10.0 Å². The molecule has 0 bridgehead atoms. The largest absolute Gasteiger partial charge is 0.348 e. The number of carbonyl (C=O) groups is 1. The molecule has 0 saturated carbocycles. The van der Waals surface area contributed by atoms with Crippen LogP contribution in [0.4, 0.5) is 0 Å². The van der Waals surface area contributed by atoms with Crippen LogP contribution in [0.3, 0.4) is 0 Å². The lowest BCUT2D eigenvalue weighted by Crippen LogP contribution is -2.18. The summed E-state index contributed by atoms with van der Waals surface area (Å²) in [7, 11) is 0. The zero-order valence-corrected chi connectivity index (χ0v) is 13.0. The van der Waals surface area contributed by atoms with Gasteiger partial charge in [0.05, 0.1) is 5.56 Å². The summed E-state index contributed by atoms with van der Waals surface area (Å²) >= 11 is 6.19. The second kappa shape index (κ2) is 6.69. The topological polar surface area (TPSA) is 54.3 Å². The Bertz CT molecular complexity index is 828. The van der Waals surface area contributed by atoms with Gasteiger partial charge in [0.25, 0.3) is 5.91 Å². The van der Waals surface area contributed by atoms with Gasteiger partial charge in [-0.25, -0.2) is 5.48 Å². The van der Waals surface area contributed by atoms with Crippen LogP contribution in [0.15, 0.2) is 67.0 Å². The van der Waals surface area contributed by atoms with Crippen molar-refractivity contribution in [1.29, 1.82) is 0 Å². The van der Waals surface area contributed by atoms with E-state index in [1.165, 1.54) is 0 Å². The molecule has 0 fully saturated rings. The van der Waals surface area contributed by atoms with Gasteiger partial charge in [0.1, 0.15) is 0 Å². The van der Waals surface area contributed by atoms with Crippen LogP contribution in [0.25, 0.3) is 11.1 Å². The van der Waals surface area contributed by atoms with Gasteiger partial charge >= 0.3 is 0 Å². The Balaban J connectivity index is 2.02. The Hall–Kier alpha value is -2.56. The van der Waals surface area contributed by atoms with E-state index >= 15 is 0 Å². The van der Waals surface area contributed by atoms with E-state index in [-0.39, 0.29) is 0 Å². The summed E-state index contributed by atoms with van der Waals surface area (Å²) in [6.07, 6.45) is 3.58. The van der Waals surface area contributed by atoms with E-state index < -0.39 is 5.91 Å². The Labute approximate surface area is 138 Å². The molecule has 1 amide bonds. The zero-order valence-electron chi connectivity index (χ0n) is 12.2. The first-order valence-corrected chi connectivity index (χ1v) is 7.50. The molecule has 1 heterocycles. The molecule has 0 spiro atoms. The molecule has 3 rings (SSSR count). The van der Waals surface area contributed by atoms with Crippen LogP contribution in [-0.2, 0) is 6.54 Å². The summed E-state index contributed by atoms with van der Waals surface area (Å²) in [5.74, 6) is -0.540. The Kier molecular flexibility index (Phi) is 4.46. The predicted octanol–water partition coefficient (Wildman–Crippen LogP) is 3.98. The average Bonchev–Trinajstić information content (AvgIpc) is 3.01. The van der Waals surface area contributed by atoms with Gasteiger partial charge in [-0.05, 0) is 17.2 Å². The van der Waals surface area contributed by atoms with Crippen LogP contribution in [0.5, 0.6) is 0 Å². The highest BCUT2D eigenvalue weighted by Gasteiger charge is 2.16. The van der Waals surface area contributed by atoms with Crippen molar-refractivity contribution >= 4 is 17.5 Å².